The van der Waals surface area contributed by atoms with Crippen molar-refractivity contribution in [2.24, 2.45) is 0 Å². The molecule has 1 aromatic carbocycles. The number of urea groups is 1. The average molecular weight is 369 g/mol. The molecular formula is C17H25ClN4O3. The standard InChI is InChI=1S/C17H25ClN4O3/c1-17(2,3)21-16(25)20-14(23)9-10-22(4)11-15(24)19-13-8-6-5-7-12(13)18/h5-8H,9-11H2,1-4H3,(H,19,24)(H2,20,21,23,25). The number of amides is 4. The maximum atomic E-state index is 12.0. The zero-order chi connectivity index (χ0) is 19.0. The molecule has 4 amide bonds. The van der Waals surface area contributed by atoms with E-state index < -0.39 is 17.5 Å². The Morgan fingerprint density at radius 1 is 1.12 bits per heavy atom. The van der Waals surface area contributed by atoms with E-state index in [0.717, 1.165) is 0 Å². The van der Waals surface area contributed by atoms with Crippen LogP contribution in [-0.4, -0.2) is 48.4 Å². The predicted molar refractivity (Wildman–Crippen MR) is 98.6 cm³/mol. The lowest BCUT2D eigenvalue weighted by Crippen LogP contribution is -2.48. The van der Waals surface area contributed by atoms with E-state index in [0.29, 0.717) is 17.3 Å². The molecule has 0 fully saturated rings. The lowest BCUT2D eigenvalue weighted by molar-refractivity contribution is -0.121. The molecule has 0 saturated heterocycles. The number of carbonyl (C=O) groups excluding carboxylic acids is 3. The summed E-state index contributed by atoms with van der Waals surface area (Å²) in [6.07, 6.45) is 0.105. The monoisotopic (exact) mass is 368 g/mol. The third-order valence-electron chi connectivity index (χ3n) is 3.02. The van der Waals surface area contributed by atoms with Crippen molar-refractivity contribution in [1.82, 2.24) is 15.5 Å². The molecule has 0 bridgehead atoms. The average Bonchev–Trinajstić information content (AvgIpc) is 2.45. The number of nitrogens with zero attached hydrogens (tertiary/aromatic N) is 1. The van der Waals surface area contributed by atoms with E-state index in [1.165, 1.54) is 0 Å². The van der Waals surface area contributed by atoms with Crippen LogP contribution in [-0.2, 0) is 9.59 Å². The molecule has 0 atom stereocenters. The molecule has 0 saturated carbocycles. The summed E-state index contributed by atoms with van der Waals surface area (Å²) in [5, 5.41) is 8.07. The number of carbonyl (C=O) groups is 3. The van der Waals surface area contributed by atoms with Gasteiger partial charge < -0.3 is 10.6 Å². The van der Waals surface area contributed by atoms with Crippen molar-refractivity contribution in [2.75, 3.05) is 25.5 Å². The summed E-state index contributed by atoms with van der Waals surface area (Å²) in [6.45, 7) is 5.91. The Hall–Kier alpha value is -2.12. The number of hydrogen-bond donors (Lipinski definition) is 3. The number of rotatable bonds is 6. The van der Waals surface area contributed by atoms with Crippen LogP contribution in [0, 0.1) is 0 Å². The van der Waals surface area contributed by atoms with Gasteiger partial charge in [-0.1, -0.05) is 23.7 Å². The molecule has 3 N–H and O–H groups in total. The van der Waals surface area contributed by atoms with Crippen molar-refractivity contribution >= 4 is 35.1 Å². The van der Waals surface area contributed by atoms with Gasteiger partial charge in [-0.2, -0.15) is 0 Å². The molecule has 1 rings (SSSR count). The third-order valence-corrected chi connectivity index (χ3v) is 3.35. The highest BCUT2D eigenvalue weighted by molar-refractivity contribution is 6.33. The topological polar surface area (TPSA) is 90.5 Å². The van der Waals surface area contributed by atoms with Crippen molar-refractivity contribution in [3.63, 3.8) is 0 Å². The normalized spacial score (nSPS) is 11.1. The van der Waals surface area contributed by atoms with Gasteiger partial charge in [0, 0.05) is 18.5 Å². The Morgan fingerprint density at radius 2 is 1.76 bits per heavy atom. The summed E-state index contributed by atoms with van der Waals surface area (Å²) in [7, 11) is 1.72. The van der Waals surface area contributed by atoms with E-state index in [9.17, 15) is 14.4 Å². The van der Waals surface area contributed by atoms with Gasteiger partial charge in [-0.25, -0.2) is 4.79 Å². The fourth-order valence-corrected chi connectivity index (χ4v) is 2.11. The van der Waals surface area contributed by atoms with Crippen LogP contribution in [0.25, 0.3) is 0 Å². The van der Waals surface area contributed by atoms with Crippen molar-refractivity contribution in [2.45, 2.75) is 32.7 Å². The van der Waals surface area contributed by atoms with Gasteiger partial charge >= 0.3 is 6.03 Å². The number of anilines is 1. The predicted octanol–water partition coefficient (Wildman–Crippen LogP) is 2.22. The zero-order valence-electron chi connectivity index (χ0n) is 15.0. The highest BCUT2D eigenvalue weighted by Crippen LogP contribution is 2.20. The minimum Gasteiger partial charge on any atom is -0.333 e. The summed E-state index contributed by atoms with van der Waals surface area (Å²) in [4.78, 5) is 37.0. The molecule has 0 aliphatic heterocycles. The van der Waals surface area contributed by atoms with E-state index in [1.807, 2.05) is 20.8 Å². The van der Waals surface area contributed by atoms with Gasteiger partial charge in [-0.15, -0.1) is 0 Å². The Labute approximate surface area is 153 Å². The number of halogens is 1. The molecule has 0 spiro atoms. The van der Waals surface area contributed by atoms with E-state index in [1.54, 1.807) is 36.2 Å². The van der Waals surface area contributed by atoms with Crippen molar-refractivity contribution < 1.29 is 14.4 Å². The Bertz CT molecular complexity index is 629. The molecule has 0 radical (unpaired) electrons. The lowest BCUT2D eigenvalue weighted by Gasteiger charge is -2.20. The highest BCUT2D eigenvalue weighted by atomic mass is 35.5. The maximum absolute atomic E-state index is 12.0. The molecule has 0 aliphatic carbocycles. The van der Waals surface area contributed by atoms with Crippen LogP contribution in [0.15, 0.2) is 24.3 Å². The first-order valence-electron chi connectivity index (χ1n) is 7.92. The number of imide groups is 1. The maximum Gasteiger partial charge on any atom is 0.321 e. The Kier molecular flexibility index (Phi) is 7.86. The van der Waals surface area contributed by atoms with E-state index in [2.05, 4.69) is 16.0 Å². The number of benzene rings is 1. The van der Waals surface area contributed by atoms with Crippen LogP contribution < -0.4 is 16.0 Å². The first-order chi connectivity index (χ1) is 11.6. The summed E-state index contributed by atoms with van der Waals surface area (Å²) < 4.78 is 0. The second-order valence-corrected chi connectivity index (χ2v) is 7.18. The second kappa shape index (κ2) is 9.39. The largest absolute Gasteiger partial charge is 0.333 e. The second-order valence-electron chi connectivity index (χ2n) is 6.77. The number of nitrogens with one attached hydrogen (secondary N) is 3. The van der Waals surface area contributed by atoms with Crippen molar-refractivity contribution in [1.29, 1.82) is 0 Å². The molecule has 0 aliphatic rings. The minimum atomic E-state index is -0.531. The molecular weight excluding hydrogens is 344 g/mol. The molecule has 0 aromatic heterocycles. The first kappa shape index (κ1) is 20.9. The van der Waals surface area contributed by atoms with Gasteiger partial charge in [0.25, 0.3) is 0 Å². The van der Waals surface area contributed by atoms with Gasteiger partial charge in [0.15, 0.2) is 0 Å². The molecule has 7 nitrogen and oxygen atoms in total. The van der Waals surface area contributed by atoms with Crippen LogP contribution >= 0.6 is 11.6 Å². The molecule has 1 aromatic rings. The quantitative estimate of drug-likeness (QED) is 0.718. The summed E-state index contributed by atoms with van der Waals surface area (Å²) in [6, 6.07) is 6.42. The molecule has 8 heteroatoms. The fraction of sp³-hybridized carbons (Fsp3) is 0.471. The van der Waals surface area contributed by atoms with Crippen LogP contribution in [0.4, 0.5) is 10.5 Å². The van der Waals surface area contributed by atoms with E-state index in [4.69, 9.17) is 11.6 Å². The minimum absolute atomic E-state index is 0.104. The summed E-state index contributed by atoms with van der Waals surface area (Å²) >= 11 is 5.98. The summed E-state index contributed by atoms with van der Waals surface area (Å²) in [5.74, 6) is -0.637. The van der Waals surface area contributed by atoms with Gasteiger partial charge in [0.05, 0.1) is 17.3 Å². The highest BCUT2D eigenvalue weighted by Gasteiger charge is 2.16. The van der Waals surface area contributed by atoms with Crippen molar-refractivity contribution in [3.05, 3.63) is 29.3 Å². The van der Waals surface area contributed by atoms with Gasteiger partial charge in [0.1, 0.15) is 0 Å². The van der Waals surface area contributed by atoms with Gasteiger partial charge in [-0.3, -0.25) is 19.8 Å². The molecule has 25 heavy (non-hydrogen) atoms. The molecule has 0 unspecified atom stereocenters. The number of hydrogen-bond acceptors (Lipinski definition) is 4. The van der Waals surface area contributed by atoms with Gasteiger partial charge in [-0.05, 0) is 40.0 Å². The van der Waals surface area contributed by atoms with E-state index >= 15 is 0 Å². The zero-order valence-corrected chi connectivity index (χ0v) is 15.7. The van der Waals surface area contributed by atoms with Crippen LogP contribution in [0.3, 0.4) is 0 Å². The third kappa shape index (κ3) is 9.07. The Morgan fingerprint density at radius 3 is 2.36 bits per heavy atom. The Balaban J connectivity index is 2.33. The van der Waals surface area contributed by atoms with Crippen LogP contribution in [0.2, 0.25) is 5.02 Å². The van der Waals surface area contributed by atoms with E-state index in [-0.39, 0.29) is 18.9 Å². The first-order valence-corrected chi connectivity index (χ1v) is 8.29. The fourth-order valence-electron chi connectivity index (χ4n) is 1.93. The van der Waals surface area contributed by atoms with Gasteiger partial charge in [0.2, 0.25) is 11.8 Å². The van der Waals surface area contributed by atoms with Crippen LogP contribution in [0.5, 0.6) is 0 Å². The van der Waals surface area contributed by atoms with Crippen molar-refractivity contribution in [3.8, 4) is 0 Å². The molecule has 0 heterocycles. The number of para-hydroxylation sites is 1. The summed E-state index contributed by atoms with van der Waals surface area (Å²) in [5.41, 5.74) is 0.122. The van der Waals surface area contributed by atoms with Crippen LogP contribution in [0.1, 0.15) is 27.2 Å². The SMILES string of the molecule is CN(CCC(=O)NC(=O)NC(C)(C)C)CC(=O)Nc1ccccc1Cl. The molecule has 138 valence electrons. The number of likely N-dealkylation sites (N-methyl/N-ethyl adjacent to an activating group) is 1. The lowest BCUT2D eigenvalue weighted by atomic mass is 10.1. The smallest absolute Gasteiger partial charge is 0.321 e.